The van der Waals surface area contributed by atoms with Crippen LogP contribution in [0.4, 0.5) is 11.4 Å². The Morgan fingerprint density at radius 2 is 1.63 bits per heavy atom. The van der Waals surface area contributed by atoms with E-state index in [1.165, 1.54) is 18.2 Å². The standard InChI is InChI=1S/C18H20N2O5S2/c1-12-7-8-15(20-17(21)9-10-26(20,22)23)11-16(12)27(24,25)19-18-13(2)5-4-6-14(18)3/h4-8,11,19H,9-10H2,1-3H3. The summed E-state index contributed by atoms with van der Waals surface area (Å²) in [6, 6.07) is 9.58. The van der Waals surface area contributed by atoms with E-state index in [0.29, 0.717) is 15.6 Å². The van der Waals surface area contributed by atoms with E-state index in [1.807, 2.05) is 6.07 Å². The van der Waals surface area contributed by atoms with Gasteiger partial charge in [-0.2, -0.15) is 0 Å². The Morgan fingerprint density at radius 3 is 2.19 bits per heavy atom. The van der Waals surface area contributed by atoms with Crippen molar-refractivity contribution in [2.24, 2.45) is 0 Å². The van der Waals surface area contributed by atoms with Gasteiger partial charge in [0.25, 0.3) is 10.0 Å². The molecule has 0 atom stereocenters. The summed E-state index contributed by atoms with van der Waals surface area (Å²) in [4.78, 5) is 11.9. The number of aryl methyl sites for hydroxylation is 3. The number of carbonyl (C=O) groups excluding carboxylic acids is 1. The normalized spacial score (nSPS) is 16.6. The Morgan fingerprint density at radius 1 is 1.00 bits per heavy atom. The van der Waals surface area contributed by atoms with Crippen molar-refractivity contribution < 1.29 is 21.6 Å². The zero-order valence-corrected chi connectivity index (χ0v) is 16.8. The van der Waals surface area contributed by atoms with Gasteiger partial charge in [-0.25, -0.2) is 21.1 Å². The minimum Gasteiger partial charge on any atom is -0.279 e. The lowest BCUT2D eigenvalue weighted by Gasteiger charge is -2.18. The van der Waals surface area contributed by atoms with Crippen molar-refractivity contribution in [2.45, 2.75) is 32.1 Å². The molecule has 0 aromatic heterocycles. The summed E-state index contributed by atoms with van der Waals surface area (Å²) < 4.78 is 53.5. The van der Waals surface area contributed by atoms with Gasteiger partial charge in [0, 0.05) is 6.42 Å². The summed E-state index contributed by atoms with van der Waals surface area (Å²) in [6.45, 7) is 5.20. The summed E-state index contributed by atoms with van der Waals surface area (Å²) in [5, 5.41) is 0. The van der Waals surface area contributed by atoms with Crippen LogP contribution in [0.25, 0.3) is 0 Å². The second kappa shape index (κ2) is 6.65. The molecule has 2 aromatic carbocycles. The first-order chi connectivity index (χ1) is 12.5. The third kappa shape index (κ3) is 3.57. The fourth-order valence-corrected chi connectivity index (χ4v) is 5.96. The van der Waals surface area contributed by atoms with E-state index >= 15 is 0 Å². The zero-order valence-electron chi connectivity index (χ0n) is 15.2. The van der Waals surface area contributed by atoms with E-state index in [-0.39, 0.29) is 22.8 Å². The van der Waals surface area contributed by atoms with Gasteiger partial charge in [-0.05, 0) is 49.6 Å². The number of hydrogen-bond acceptors (Lipinski definition) is 5. The van der Waals surface area contributed by atoms with Gasteiger partial charge in [0.1, 0.15) is 0 Å². The number of benzene rings is 2. The summed E-state index contributed by atoms with van der Waals surface area (Å²) in [7, 11) is -7.75. The van der Waals surface area contributed by atoms with Crippen molar-refractivity contribution in [3.8, 4) is 0 Å². The molecular weight excluding hydrogens is 388 g/mol. The summed E-state index contributed by atoms with van der Waals surface area (Å²) in [5.74, 6) is -0.840. The Labute approximate surface area is 159 Å². The van der Waals surface area contributed by atoms with Crippen molar-refractivity contribution in [1.82, 2.24) is 0 Å². The van der Waals surface area contributed by atoms with Gasteiger partial charge in [0.05, 0.1) is 22.0 Å². The Hall–Kier alpha value is -2.39. The van der Waals surface area contributed by atoms with Gasteiger partial charge in [-0.1, -0.05) is 24.3 Å². The molecule has 2 aromatic rings. The van der Waals surface area contributed by atoms with Crippen LogP contribution in [0.2, 0.25) is 0 Å². The highest BCUT2D eigenvalue weighted by Crippen LogP contribution is 2.31. The largest absolute Gasteiger partial charge is 0.279 e. The van der Waals surface area contributed by atoms with Crippen LogP contribution in [0.5, 0.6) is 0 Å². The highest BCUT2D eigenvalue weighted by Gasteiger charge is 2.37. The molecular formula is C18H20N2O5S2. The first-order valence-electron chi connectivity index (χ1n) is 8.28. The molecule has 9 heteroatoms. The Bertz CT molecular complexity index is 1120. The van der Waals surface area contributed by atoms with E-state index in [1.54, 1.807) is 32.9 Å². The number of para-hydroxylation sites is 1. The van der Waals surface area contributed by atoms with E-state index in [2.05, 4.69) is 4.72 Å². The molecule has 7 nitrogen and oxygen atoms in total. The minimum atomic E-state index is -3.98. The van der Waals surface area contributed by atoms with Gasteiger partial charge < -0.3 is 0 Å². The van der Waals surface area contributed by atoms with Crippen LogP contribution in [-0.2, 0) is 24.8 Å². The van der Waals surface area contributed by atoms with Crippen molar-refractivity contribution in [2.75, 3.05) is 14.8 Å². The lowest BCUT2D eigenvalue weighted by Crippen LogP contribution is -2.29. The Kier molecular flexibility index (Phi) is 4.77. The number of anilines is 2. The van der Waals surface area contributed by atoms with E-state index in [0.717, 1.165) is 11.1 Å². The monoisotopic (exact) mass is 408 g/mol. The molecule has 1 fully saturated rings. The number of sulfonamides is 2. The second-order valence-corrected chi connectivity index (χ2v) is 10.1. The minimum absolute atomic E-state index is 0.0324. The lowest BCUT2D eigenvalue weighted by molar-refractivity contribution is -0.116. The molecule has 1 aliphatic rings. The third-order valence-corrected chi connectivity index (χ3v) is 7.67. The second-order valence-electron chi connectivity index (χ2n) is 6.55. The predicted molar refractivity (Wildman–Crippen MR) is 104 cm³/mol. The SMILES string of the molecule is Cc1ccc(N2C(=O)CCS2(=O)=O)cc1S(=O)(=O)Nc1c(C)cccc1C. The van der Waals surface area contributed by atoms with Crippen LogP contribution < -0.4 is 9.03 Å². The topological polar surface area (TPSA) is 101 Å². The summed E-state index contributed by atoms with van der Waals surface area (Å²) in [5.41, 5.74) is 2.49. The highest BCUT2D eigenvalue weighted by atomic mass is 32.2. The average Bonchev–Trinajstić information content (AvgIpc) is 2.85. The number of amides is 1. The summed E-state index contributed by atoms with van der Waals surface area (Å²) >= 11 is 0. The van der Waals surface area contributed by atoms with Crippen molar-refractivity contribution >= 4 is 37.3 Å². The molecule has 27 heavy (non-hydrogen) atoms. The van der Waals surface area contributed by atoms with Crippen LogP contribution in [-0.4, -0.2) is 28.5 Å². The van der Waals surface area contributed by atoms with Gasteiger partial charge in [0.2, 0.25) is 15.9 Å². The van der Waals surface area contributed by atoms with E-state index < -0.39 is 26.0 Å². The van der Waals surface area contributed by atoms with Crippen LogP contribution >= 0.6 is 0 Å². The van der Waals surface area contributed by atoms with Crippen LogP contribution in [0.1, 0.15) is 23.1 Å². The highest BCUT2D eigenvalue weighted by molar-refractivity contribution is 7.94. The van der Waals surface area contributed by atoms with Crippen LogP contribution in [0.3, 0.4) is 0 Å². The van der Waals surface area contributed by atoms with E-state index in [9.17, 15) is 21.6 Å². The van der Waals surface area contributed by atoms with Gasteiger partial charge in [-0.3, -0.25) is 9.52 Å². The van der Waals surface area contributed by atoms with Crippen molar-refractivity contribution in [3.05, 3.63) is 53.1 Å². The fourth-order valence-electron chi connectivity index (χ4n) is 3.04. The number of hydrogen-bond donors (Lipinski definition) is 1. The third-order valence-electron chi connectivity index (χ3n) is 4.49. The van der Waals surface area contributed by atoms with Gasteiger partial charge >= 0.3 is 0 Å². The van der Waals surface area contributed by atoms with E-state index in [4.69, 9.17) is 0 Å². The molecule has 0 saturated carbocycles. The molecule has 0 radical (unpaired) electrons. The first kappa shape index (κ1) is 19.4. The molecule has 144 valence electrons. The lowest BCUT2D eigenvalue weighted by atomic mass is 10.1. The van der Waals surface area contributed by atoms with Crippen molar-refractivity contribution in [1.29, 1.82) is 0 Å². The average molecular weight is 409 g/mol. The molecule has 0 bridgehead atoms. The smallest absolute Gasteiger partial charge is 0.262 e. The van der Waals surface area contributed by atoms with Crippen molar-refractivity contribution in [3.63, 3.8) is 0 Å². The van der Waals surface area contributed by atoms with Crippen LogP contribution in [0.15, 0.2) is 41.3 Å². The molecule has 1 amide bonds. The number of nitrogens with zero attached hydrogens (tertiary/aromatic N) is 1. The molecule has 1 N–H and O–H groups in total. The molecule has 0 aliphatic carbocycles. The Balaban J connectivity index is 2.08. The number of carbonyl (C=O) groups is 1. The summed E-state index contributed by atoms with van der Waals surface area (Å²) in [6.07, 6.45) is -0.112. The maximum absolute atomic E-state index is 13.0. The maximum Gasteiger partial charge on any atom is 0.262 e. The molecule has 0 spiro atoms. The zero-order chi connectivity index (χ0) is 20.0. The molecule has 3 rings (SSSR count). The fraction of sp³-hybridized carbons (Fsp3) is 0.278. The molecule has 1 aliphatic heterocycles. The quantitative estimate of drug-likeness (QED) is 0.838. The van der Waals surface area contributed by atoms with Crippen LogP contribution in [0, 0.1) is 20.8 Å². The predicted octanol–water partition coefficient (Wildman–Crippen LogP) is 2.48. The molecule has 1 saturated heterocycles. The number of rotatable bonds is 4. The van der Waals surface area contributed by atoms with Gasteiger partial charge in [-0.15, -0.1) is 0 Å². The maximum atomic E-state index is 13.0. The number of nitrogens with one attached hydrogen (secondary N) is 1. The molecule has 1 heterocycles. The van der Waals surface area contributed by atoms with Gasteiger partial charge in [0.15, 0.2) is 0 Å². The molecule has 0 unspecified atom stereocenters. The first-order valence-corrected chi connectivity index (χ1v) is 11.4.